The number of benzene rings is 1. The van der Waals surface area contributed by atoms with Crippen molar-refractivity contribution in [2.24, 2.45) is 4.99 Å². The van der Waals surface area contributed by atoms with E-state index in [9.17, 15) is 13.2 Å². The molecule has 0 spiro atoms. The van der Waals surface area contributed by atoms with Crippen LogP contribution in [-0.2, 0) is 13.1 Å². The fraction of sp³-hybridized carbons (Fsp3) is 0.444. The molecule has 148 valence electrons. The van der Waals surface area contributed by atoms with Gasteiger partial charge in [0, 0.05) is 24.5 Å². The molecule has 0 fully saturated rings. The van der Waals surface area contributed by atoms with E-state index in [1.54, 1.807) is 36.6 Å². The van der Waals surface area contributed by atoms with Crippen LogP contribution in [0.4, 0.5) is 13.2 Å². The first-order chi connectivity index (χ1) is 12.8. The number of nitrogens with one attached hydrogen (secondary N) is 2. The summed E-state index contributed by atoms with van der Waals surface area (Å²) < 4.78 is 42.0. The molecule has 9 heteroatoms. The number of alkyl halides is 3. The molecule has 0 aliphatic rings. The van der Waals surface area contributed by atoms with Crippen LogP contribution in [0.1, 0.15) is 36.0 Å². The quantitative estimate of drug-likeness (QED) is 0.543. The maximum absolute atomic E-state index is 12.4. The lowest BCUT2D eigenvalue weighted by molar-refractivity contribution is -0.153. The summed E-state index contributed by atoms with van der Waals surface area (Å²) in [6.07, 6.45) is -4.37. The van der Waals surface area contributed by atoms with Gasteiger partial charge in [-0.3, -0.25) is 4.99 Å². The third-order valence-electron chi connectivity index (χ3n) is 3.60. The summed E-state index contributed by atoms with van der Waals surface area (Å²) in [5.74, 6) is 1.10. The van der Waals surface area contributed by atoms with E-state index < -0.39 is 12.8 Å². The van der Waals surface area contributed by atoms with E-state index in [-0.39, 0.29) is 12.3 Å². The van der Waals surface area contributed by atoms with Crippen LogP contribution in [-0.4, -0.2) is 30.8 Å². The predicted octanol–water partition coefficient (Wildman–Crippen LogP) is 4.07. The molecule has 0 aliphatic heterocycles. The highest BCUT2D eigenvalue weighted by Crippen LogP contribution is 2.22. The Morgan fingerprint density at radius 3 is 2.56 bits per heavy atom. The summed E-state index contributed by atoms with van der Waals surface area (Å²) in [7, 11) is 1.63. The molecule has 0 saturated heterocycles. The second kappa shape index (κ2) is 9.59. The second-order valence-corrected chi connectivity index (χ2v) is 7.05. The Morgan fingerprint density at radius 1 is 1.22 bits per heavy atom. The molecule has 0 amide bonds. The zero-order chi connectivity index (χ0) is 19.9. The molecule has 2 rings (SSSR count). The molecule has 0 bridgehead atoms. The van der Waals surface area contributed by atoms with Gasteiger partial charge in [0.2, 0.25) is 0 Å². The van der Waals surface area contributed by atoms with E-state index in [1.165, 1.54) is 6.07 Å². The van der Waals surface area contributed by atoms with Crippen LogP contribution in [0.25, 0.3) is 0 Å². The van der Waals surface area contributed by atoms with Crippen molar-refractivity contribution in [3.8, 4) is 5.75 Å². The average molecular weight is 400 g/mol. The topological polar surface area (TPSA) is 58.5 Å². The van der Waals surface area contributed by atoms with Gasteiger partial charge in [0.1, 0.15) is 10.8 Å². The fourth-order valence-corrected chi connectivity index (χ4v) is 3.08. The molecule has 27 heavy (non-hydrogen) atoms. The SMILES string of the molecule is CN=C(NCc1nc(C(C)C)cs1)NCc1ccccc1OCC(F)(F)F. The number of hydrogen-bond acceptors (Lipinski definition) is 4. The Morgan fingerprint density at radius 2 is 1.93 bits per heavy atom. The Hall–Kier alpha value is -2.29. The Balaban J connectivity index is 1.90. The highest BCUT2D eigenvalue weighted by atomic mass is 32.1. The molecule has 0 atom stereocenters. The van der Waals surface area contributed by atoms with E-state index >= 15 is 0 Å². The van der Waals surface area contributed by atoms with Gasteiger partial charge < -0.3 is 15.4 Å². The van der Waals surface area contributed by atoms with Crippen molar-refractivity contribution >= 4 is 17.3 Å². The van der Waals surface area contributed by atoms with Crippen LogP contribution < -0.4 is 15.4 Å². The number of hydrogen-bond donors (Lipinski definition) is 2. The van der Waals surface area contributed by atoms with E-state index in [0.29, 0.717) is 24.0 Å². The van der Waals surface area contributed by atoms with Gasteiger partial charge in [0.25, 0.3) is 0 Å². The van der Waals surface area contributed by atoms with Crippen molar-refractivity contribution in [3.63, 3.8) is 0 Å². The van der Waals surface area contributed by atoms with Gasteiger partial charge in [-0.25, -0.2) is 4.98 Å². The zero-order valence-electron chi connectivity index (χ0n) is 15.4. The van der Waals surface area contributed by atoms with Crippen molar-refractivity contribution in [1.29, 1.82) is 0 Å². The number of rotatable bonds is 7. The normalized spacial score (nSPS) is 12.3. The van der Waals surface area contributed by atoms with Crippen LogP contribution in [0.15, 0.2) is 34.6 Å². The zero-order valence-corrected chi connectivity index (χ0v) is 16.2. The van der Waals surface area contributed by atoms with Gasteiger partial charge in [0.05, 0.1) is 12.2 Å². The highest BCUT2D eigenvalue weighted by molar-refractivity contribution is 7.09. The number of aromatic nitrogens is 1. The Kier molecular flexibility index (Phi) is 7.46. The third kappa shape index (κ3) is 7.09. The van der Waals surface area contributed by atoms with E-state index in [2.05, 4.69) is 34.5 Å². The minimum Gasteiger partial charge on any atom is -0.484 e. The molecule has 1 aromatic heterocycles. The summed E-state index contributed by atoms with van der Waals surface area (Å²) >= 11 is 1.57. The standard InChI is InChI=1S/C18H23F3N4OS/c1-12(2)14-10-27-16(25-14)9-24-17(22-3)23-8-13-6-4-5-7-15(13)26-11-18(19,20)21/h4-7,10,12H,8-9,11H2,1-3H3,(H2,22,23,24). The maximum Gasteiger partial charge on any atom is 0.422 e. The van der Waals surface area contributed by atoms with Crippen LogP contribution in [0.5, 0.6) is 5.75 Å². The molecular formula is C18H23F3N4OS. The van der Waals surface area contributed by atoms with Crippen LogP contribution in [0.3, 0.4) is 0 Å². The average Bonchev–Trinajstić information content (AvgIpc) is 3.09. The third-order valence-corrected chi connectivity index (χ3v) is 4.47. The molecule has 0 radical (unpaired) electrons. The fourth-order valence-electron chi connectivity index (χ4n) is 2.18. The second-order valence-electron chi connectivity index (χ2n) is 6.11. The van der Waals surface area contributed by atoms with Gasteiger partial charge in [0.15, 0.2) is 12.6 Å². The summed E-state index contributed by atoms with van der Waals surface area (Å²) in [6.45, 7) is 3.65. The van der Waals surface area contributed by atoms with Crippen molar-refractivity contribution < 1.29 is 17.9 Å². The first-order valence-electron chi connectivity index (χ1n) is 8.44. The van der Waals surface area contributed by atoms with Crippen molar-refractivity contribution in [2.75, 3.05) is 13.7 Å². The predicted molar refractivity (Wildman–Crippen MR) is 101 cm³/mol. The van der Waals surface area contributed by atoms with Gasteiger partial charge in [-0.2, -0.15) is 13.2 Å². The van der Waals surface area contributed by atoms with E-state index in [1.807, 2.05) is 5.38 Å². The molecule has 0 unspecified atom stereocenters. The highest BCUT2D eigenvalue weighted by Gasteiger charge is 2.28. The molecule has 2 aromatic rings. The summed E-state index contributed by atoms with van der Waals surface area (Å²) in [5.41, 5.74) is 1.66. The van der Waals surface area contributed by atoms with Crippen molar-refractivity contribution in [3.05, 3.63) is 45.9 Å². The number of halogens is 3. The molecule has 2 N–H and O–H groups in total. The maximum atomic E-state index is 12.4. The number of para-hydroxylation sites is 1. The largest absolute Gasteiger partial charge is 0.484 e. The first kappa shape index (κ1) is 21.0. The monoisotopic (exact) mass is 400 g/mol. The van der Waals surface area contributed by atoms with E-state index in [4.69, 9.17) is 4.74 Å². The van der Waals surface area contributed by atoms with Gasteiger partial charge in [-0.05, 0) is 12.0 Å². The number of thiazole rings is 1. The number of aliphatic imine (C=N–C) groups is 1. The van der Waals surface area contributed by atoms with Crippen LogP contribution >= 0.6 is 11.3 Å². The molecule has 1 heterocycles. The molecule has 0 aliphatic carbocycles. The van der Waals surface area contributed by atoms with Gasteiger partial charge >= 0.3 is 6.18 Å². The van der Waals surface area contributed by atoms with Crippen LogP contribution in [0, 0.1) is 0 Å². The Bertz CT molecular complexity index is 759. The lowest BCUT2D eigenvalue weighted by Crippen LogP contribution is -2.36. The lowest BCUT2D eigenvalue weighted by atomic mass is 10.2. The van der Waals surface area contributed by atoms with Gasteiger partial charge in [-0.15, -0.1) is 11.3 Å². The lowest BCUT2D eigenvalue weighted by Gasteiger charge is -2.15. The molecule has 0 saturated carbocycles. The Labute approximate surface area is 160 Å². The van der Waals surface area contributed by atoms with E-state index in [0.717, 1.165) is 10.7 Å². The number of nitrogens with zero attached hydrogens (tertiary/aromatic N) is 2. The summed E-state index contributed by atoms with van der Waals surface area (Å²) in [6, 6.07) is 6.61. The van der Waals surface area contributed by atoms with Crippen molar-refractivity contribution in [1.82, 2.24) is 15.6 Å². The molecular weight excluding hydrogens is 377 g/mol. The van der Waals surface area contributed by atoms with Gasteiger partial charge in [-0.1, -0.05) is 32.0 Å². The number of ether oxygens (including phenoxy) is 1. The summed E-state index contributed by atoms with van der Waals surface area (Å²) in [4.78, 5) is 8.67. The molecule has 5 nitrogen and oxygen atoms in total. The minimum atomic E-state index is -4.37. The minimum absolute atomic E-state index is 0.194. The van der Waals surface area contributed by atoms with Crippen molar-refractivity contribution in [2.45, 2.75) is 39.0 Å². The first-order valence-corrected chi connectivity index (χ1v) is 9.32. The molecule has 1 aromatic carbocycles. The number of guanidine groups is 1. The van der Waals surface area contributed by atoms with Crippen LogP contribution in [0.2, 0.25) is 0 Å². The summed E-state index contributed by atoms with van der Waals surface area (Å²) in [5, 5.41) is 9.20. The smallest absolute Gasteiger partial charge is 0.422 e.